The largest absolute Gasteiger partial charge is 0.481 e. The molecule has 3 rings (SSSR count). The number of amides is 1. The summed E-state index contributed by atoms with van der Waals surface area (Å²) >= 11 is 0. The fourth-order valence-electron chi connectivity index (χ4n) is 3.11. The molecule has 0 bridgehead atoms. The van der Waals surface area contributed by atoms with Crippen LogP contribution in [0.5, 0.6) is 5.75 Å². The van der Waals surface area contributed by atoms with E-state index in [-0.39, 0.29) is 17.9 Å². The van der Waals surface area contributed by atoms with E-state index < -0.39 is 22.0 Å². The van der Waals surface area contributed by atoms with Crippen molar-refractivity contribution >= 4 is 21.6 Å². The first-order chi connectivity index (χ1) is 13.5. The zero-order valence-electron chi connectivity index (χ0n) is 15.3. The second kappa shape index (κ2) is 8.33. The molecule has 0 aromatic heterocycles. The molecule has 0 saturated heterocycles. The number of sulfonamides is 1. The van der Waals surface area contributed by atoms with Gasteiger partial charge in [-0.25, -0.2) is 13.9 Å². The number of hydrogen-bond acceptors (Lipinski definition) is 5. The molecule has 2 N–H and O–H groups in total. The van der Waals surface area contributed by atoms with E-state index >= 15 is 0 Å². The molecule has 8 heteroatoms. The normalized spacial score (nSPS) is 16.6. The molecule has 146 valence electrons. The molecule has 1 atom stereocenters. The molecule has 0 spiro atoms. The van der Waals surface area contributed by atoms with Crippen molar-refractivity contribution in [1.29, 1.82) is 0 Å². The van der Waals surface area contributed by atoms with Crippen LogP contribution in [0.3, 0.4) is 0 Å². The van der Waals surface area contributed by atoms with Gasteiger partial charge in [-0.3, -0.25) is 14.3 Å². The third kappa shape index (κ3) is 3.81. The van der Waals surface area contributed by atoms with Gasteiger partial charge in [-0.05, 0) is 35.9 Å². The summed E-state index contributed by atoms with van der Waals surface area (Å²) in [6, 6.07) is 12.3. The molecule has 2 aromatic rings. The molecule has 1 aliphatic heterocycles. The van der Waals surface area contributed by atoms with Crippen molar-refractivity contribution in [2.45, 2.75) is 30.7 Å². The van der Waals surface area contributed by atoms with Crippen LogP contribution in [0.4, 0.5) is 5.69 Å². The Morgan fingerprint density at radius 1 is 1.18 bits per heavy atom. The summed E-state index contributed by atoms with van der Waals surface area (Å²) in [5.74, 6) is 5.66. The molecule has 1 aliphatic rings. The minimum absolute atomic E-state index is 0.154. The minimum Gasteiger partial charge on any atom is -0.481 e. The fraction of sp³-hybridized carbons (Fsp3) is 0.250. The van der Waals surface area contributed by atoms with Crippen LogP contribution in [0.15, 0.2) is 53.4 Å². The van der Waals surface area contributed by atoms with Crippen LogP contribution in [-0.4, -0.2) is 26.1 Å². The standard InChI is InChI=1S/C20H20N2O5S/c1-2-3-6-13-27-16-11-9-15(10-12-16)22-18(14-20(23)21-24)17-7-4-5-8-19(17)28(22,25)26/h4-5,7-12,18,24H,2,13-14H2,1H3,(H,21,23). The van der Waals surface area contributed by atoms with E-state index in [9.17, 15) is 13.2 Å². The summed E-state index contributed by atoms with van der Waals surface area (Å²) in [6.07, 6.45) is 0.538. The summed E-state index contributed by atoms with van der Waals surface area (Å²) in [6.45, 7) is 2.20. The molecule has 7 nitrogen and oxygen atoms in total. The zero-order valence-corrected chi connectivity index (χ0v) is 16.1. The molecule has 0 fully saturated rings. The molecule has 1 amide bonds. The maximum Gasteiger partial charge on any atom is 0.265 e. The molecule has 0 aliphatic carbocycles. The van der Waals surface area contributed by atoms with Gasteiger partial charge in [0.2, 0.25) is 5.91 Å². The molecule has 2 aromatic carbocycles. The summed E-state index contributed by atoms with van der Waals surface area (Å²) in [5, 5.41) is 8.89. The number of hydrogen-bond donors (Lipinski definition) is 2. The highest BCUT2D eigenvalue weighted by Crippen LogP contribution is 2.44. The van der Waals surface area contributed by atoms with Crippen LogP contribution in [0.1, 0.15) is 31.4 Å². The zero-order chi connectivity index (χ0) is 20.1. The maximum absolute atomic E-state index is 13.1. The van der Waals surface area contributed by atoms with Gasteiger partial charge in [-0.2, -0.15) is 0 Å². The smallest absolute Gasteiger partial charge is 0.265 e. The van der Waals surface area contributed by atoms with Gasteiger partial charge in [0, 0.05) is 6.42 Å². The number of benzene rings is 2. The topological polar surface area (TPSA) is 95.9 Å². The number of ether oxygens (including phenoxy) is 1. The Balaban J connectivity index is 1.93. The Kier molecular flexibility index (Phi) is 5.87. The molecular formula is C20H20N2O5S. The first kappa shape index (κ1) is 19.7. The second-order valence-electron chi connectivity index (χ2n) is 6.08. The Hall–Kier alpha value is -3.02. The van der Waals surface area contributed by atoms with E-state index in [0.29, 0.717) is 17.0 Å². The Morgan fingerprint density at radius 2 is 1.89 bits per heavy atom. The van der Waals surface area contributed by atoms with Gasteiger partial charge in [0.25, 0.3) is 10.0 Å². The predicted molar refractivity (Wildman–Crippen MR) is 103 cm³/mol. The van der Waals surface area contributed by atoms with E-state index in [2.05, 4.69) is 11.8 Å². The van der Waals surface area contributed by atoms with Crippen LogP contribution >= 0.6 is 0 Å². The number of carbonyl (C=O) groups is 1. The summed E-state index contributed by atoms with van der Waals surface area (Å²) in [4.78, 5) is 11.9. The van der Waals surface area contributed by atoms with Crippen molar-refractivity contribution in [2.24, 2.45) is 0 Å². The third-order valence-corrected chi connectivity index (χ3v) is 6.22. The van der Waals surface area contributed by atoms with Crippen LogP contribution in [-0.2, 0) is 14.8 Å². The number of fused-ring (bicyclic) bond motifs is 1. The first-order valence-corrected chi connectivity index (χ1v) is 10.2. The molecule has 1 heterocycles. The lowest BCUT2D eigenvalue weighted by molar-refractivity contribution is -0.129. The quantitative estimate of drug-likeness (QED) is 0.457. The molecule has 0 saturated carbocycles. The fourth-order valence-corrected chi connectivity index (χ4v) is 4.99. The van der Waals surface area contributed by atoms with Crippen LogP contribution < -0.4 is 14.5 Å². The minimum atomic E-state index is -3.83. The molecule has 1 unspecified atom stereocenters. The third-order valence-electron chi connectivity index (χ3n) is 4.31. The number of nitrogens with one attached hydrogen (secondary N) is 1. The van der Waals surface area contributed by atoms with Gasteiger partial charge in [0.1, 0.15) is 12.4 Å². The highest BCUT2D eigenvalue weighted by atomic mass is 32.2. The second-order valence-corrected chi connectivity index (χ2v) is 7.87. The highest BCUT2D eigenvalue weighted by Gasteiger charge is 2.43. The van der Waals surface area contributed by atoms with Crippen molar-refractivity contribution in [1.82, 2.24) is 5.48 Å². The molecule has 0 radical (unpaired) electrons. The average Bonchev–Trinajstić information content (AvgIpc) is 2.93. The van der Waals surface area contributed by atoms with E-state index in [1.807, 2.05) is 6.92 Å². The van der Waals surface area contributed by atoms with Gasteiger partial charge in [0.15, 0.2) is 0 Å². The lowest BCUT2D eigenvalue weighted by Crippen LogP contribution is -2.32. The van der Waals surface area contributed by atoms with Crippen molar-refractivity contribution in [3.63, 3.8) is 0 Å². The number of anilines is 1. The summed E-state index contributed by atoms with van der Waals surface area (Å²) in [7, 11) is -3.83. The van der Waals surface area contributed by atoms with Crippen molar-refractivity contribution < 1.29 is 23.2 Å². The van der Waals surface area contributed by atoms with Gasteiger partial charge in [-0.1, -0.05) is 31.0 Å². The SMILES string of the molecule is CCC#CCOc1ccc(N2C(CC(=O)NO)c3ccccc3S2(=O)=O)cc1. The number of hydroxylamine groups is 1. The Labute approximate surface area is 163 Å². The lowest BCUT2D eigenvalue weighted by Gasteiger charge is -2.25. The lowest BCUT2D eigenvalue weighted by atomic mass is 10.0. The average molecular weight is 400 g/mol. The maximum atomic E-state index is 13.1. The van der Waals surface area contributed by atoms with E-state index in [1.54, 1.807) is 47.9 Å². The van der Waals surface area contributed by atoms with Crippen LogP contribution in [0.25, 0.3) is 0 Å². The number of carbonyl (C=O) groups excluding carboxylic acids is 1. The van der Waals surface area contributed by atoms with Crippen molar-refractivity contribution in [3.8, 4) is 17.6 Å². The van der Waals surface area contributed by atoms with E-state index in [4.69, 9.17) is 9.94 Å². The Bertz CT molecular complexity index is 1020. The summed E-state index contributed by atoms with van der Waals surface area (Å²) in [5.41, 5.74) is 2.49. The Morgan fingerprint density at radius 3 is 2.57 bits per heavy atom. The first-order valence-electron chi connectivity index (χ1n) is 8.74. The highest BCUT2D eigenvalue weighted by molar-refractivity contribution is 7.93. The number of rotatable bonds is 5. The van der Waals surface area contributed by atoms with Gasteiger partial charge >= 0.3 is 0 Å². The van der Waals surface area contributed by atoms with Crippen molar-refractivity contribution in [2.75, 3.05) is 10.9 Å². The van der Waals surface area contributed by atoms with Crippen molar-refractivity contribution in [3.05, 3.63) is 54.1 Å². The summed E-state index contributed by atoms with van der Waals surface area (Å²) < 4.78 is 32.9. The predicted octanol–water partition coefficient (Wildman–Crippen LogP) is 2.62. The van der Waals surface area contributed by atoms with Gasteiger partial charge < -0.3 is 4.74 Å². The van der Waals surface area contributed by atoms with E-state index in [0.717, 1.165) is 6.42 Å². The molecule has 28 heavy (non-hydrogen) atoms. The van der Waals surface area contributed by atoms with Crippen LogP contribution in [0, 0.1) is 11.8 Å². The van der Waals surface area contributed by atoms with Crippen LogP contribution in [0.2, 0.25) is 0 Å². The van der Waals surface area contributed by atoms with E-state index in [1.165, 1.54) is 10.4 Å². The molecular weight excluding hydrogens is 380 g/mol. The van der Waals surface area contributed by atoms with Gasteiger partial charge in [-0.15, -0.1) is 5.92 Å². The monoisotopic (exact) mass is 400 g/mol. The number of nitrogens with zero attached hydrogens (tertiary/aromatic N) is 1. The van der Waals surface area contributed by atoms with Gasteiger partial charge in [0.05, 0.1) is 23.0 Å².